The summed E-state index contributed by atoms with van der Waals surface area (Å²) in [6.45, 7) is 0. The second-order valence-electron chi connectivity index (χ2n) is 4.03. The summed E-state index contributed by atoms with van der Waals surface area (Å²) >= 11 is 5.87. The summed E-state index contributed by atoms with van der Waals surface area (Å²) in [4.78, 5) is 0.0943. The van der Waals surface area contributed by atoms with Crippen molar-refractivity contribution in [2.24, 2.45) is 7.05 Å². The lowest BCUT2D eigenvalue weighted by Gasteiger charge is -2.20. The maximum atomic E-state index is 12.4. The molecule has 1 aromatic heterocycles. The first-order chi connectivity index (χ1) is 8.82. The number of benzene rings is 1. The van der Waals surface area contributed by atoms with Crippen LogP contribution in [0.2, 0.25) is 5.02 Å². The number of nitrogens with two attached hydrogens (primary N) is 1. The molecule has 0 aliphatic rings. The fraction of sp³-hybridized carbons (Fsp3) is 0.182. The van der Waals surface area contributed by atoms with Crippen molar-refractivity contribution in [3.63, 3.8) is 0 Å². The minimum absolute atomic E-state index is 0.0943. The SMILES string of the molecule is CN(c1cc(Cl)ccc1N)S(=O)(=O)c1cnn(C)c1. The van der Waals surface area contributed by atoms with E-state index in [-0.39, 0.29) is 4.90 Å². The Kier molecular flexibility index (Phi) is 3.42. The Morgan fingerprint density at radius 3 is 2.68 bits per heavy atom. The van der Waals surface area contributed by atoms with E-state index >= 15 is 0 Å². The molecule has 0 amide bonds. The highest BCUT2D eigenvalue weighted by atomic mass is 35.5. The van der Waals surface area contributed by atoms with Gasteiger partial charge in [0.15, 0.2) is 0 Å². The van der Waals surface area contributed by atoms with Crippen LogP contribution in [0.5, 0.6) is 0 Å². The standard InChI is InChI=1S/C11H13ClN4O2S/c1-15-7-9(6-14-15)19(17,18)16(2)11-5-8(12)3-4-10(11)13/h3-7H,13H2,1-2H3. The highest BCUT2D eigenvalue weighted by Gasteiger charge is 2.24. The molecule has 0 spiro atoms. The van der Waals surface area contributed by atoms with E-state index in [1.165, 1.54) is 30.2 Å². The number of hydrogen-bond donors (Lipinski definition) is 1. The summed E-state index contributed by atoms with van der Waals surface area (Å²) in [5.74, 6) is 0. The maximum absolute atomic E-state index is 12.4. The third kappa shape index (κ3) is 2.52. The fourth-order valence-corrected chi connectivity index (χ4v) is 2.97. The molecule has 0 aliphatic heterocycles. The van der Waals surface area contributed by atoms with Crippen LogP contribution in [0, 0.1) is 0 Å². The summed E-state index contributed by atoms with van der Waals surface area (Å²) in [5, 5.41) is 4.27. The molecule has 0 saturated carbocycles. The molecule has 0 aliphatic carbocycles. The van der Waals surface area contributed by atoms with E-state index in [1.54, 1.807) is 19.2 Å². The summed E-state index contributed by atoms with van der Waals surface area (Å²) in [7, 11) is -0.633. The Morgan fingerprint density at radius 1 is 1.42 bits per heavy atom. The lowest BCUT2D eigenvalue weighted by molar-refractivity contribution is 0.594. The van der Waals surface area contributed by atoms with Gasteiger partial charge in [-0.3, -0.25) is 8.99 Å². The first-order valence-corrected chi connectivity index (χ1v) is 7.17. The Balaban J connectivity index is 2.49. The van der Waals surface area contributed by atoms with Crippen molar-refractivity contribution in [2.75, 3.05) is 17.1 Å². The second-order valence-corrected chi connectivity index (χ2v) is 6.43. The van der Waals surface area contributed by atoms with E-state index in [2.05, 4.69) is 5.10 Å². The van der Waals surface area contributed by atoms with Gasteiger partial charge in [-0.25, -0.2) is 8.42 Å². The number of aryl methyl sites for hydroxylation is 1. The van der Waals surface area contributed by atoms with Crippen molar-refractivity contribution in [3.05, 3.63) is 35.6 Å². The van der Waals surface area contributed by atoms with Crippen molar-refractivity contribution < 1.29 is 8.42 Å². The first kappa shape index (κ1) is 13.7. The first-order valence-electron chi connectivity index (χ1n) is 5.35. The topological polar surface area (TPSA) is 81.2 Å². The molecule has 2 aromatic rings. The zero-order chi connectivity index (χ0) is 14.2. The van der Waals surface area contributed by atoms with Crippen LogP contribution in [0.25, 0.3) is 0 Å². The van der Waals surface area contributed by atoms with Crippen LogP contribution in [0.4, 0.5) is 11.4 Å². The molecule has 1 heterocycles. The van der Waals surface area contributed by atoms with Crippen LogP contribution in [0.1, 0.15) is 0 Å². The monoisotopic (exact) mass is 300 g/mol. The summed E-state index contributed by atoms with van der Waals surface area (Å²) in [6, 6.07) is 4.67. The average molecular weight is 301 g/mol. The largest absolute Gasteiger partial charge is 0.397 e. The molecule has 8 heteroatoms. The third-order valence-electron chi connectivity index (χ3n) is 2.67. The molecule has 2 N–H and O–H groups in total. The van der Waals surface area contributed by atoms with E-state index in [0.717, 1.165) is 4.31 Å². The van der Waals surface area contributed by atoms with Crippen molar-refractivity contribution >= 4 is 33.0 Å². The van der Waals surface area contributed by atoms with E-state index in [1.807, 2.05) is 0 Å². The number of hydrogen-bond acceptors (Lipinski definition) is 4. The van der Waals surface area contributed by atoms with Gasteiger partial charge in [0.2, 0.25) is 0 Å². The van der Waals surface area contributed by atoms with Gasteiger partial charge in [-0.2, -0.15) is 5.10 Å². The zero-order valence-electron chi connectivity index (χ0n) is 10.4. The molecule has 102 valence electrons. The number of aromatic nitrogens is 2. The van der Waals surface area contributed by atoms with Gasteiger partial charge in [-0.1, -0.05) is 11.6 Å². The van der Waals surface area contributed by atoms with E-state index in [0.29, 0.717) is 16.4 Å². The number of nitrogen functional groups attached to an aromatic ring is 1. The average Bonchev–Trinajstić information content (AvgIpc) is 2.79. The normalized spacial score (nSPS) is 11.5. The molecule has 0 unspecified atom stereocenters. The Morgan fingerprint density at radius 2 is 2.11 bits per heavy atom. The van der Waals surface area contributed by atoms with Crippen LogP contribution < -0.4 is 10.0 Å². The van der Waals surface area contributed by atoms with Gasteiger partial charge in [0.25, 0.3) is 10.0 Å². The van der Waals surface area contributed by atoms with Gasteiger partial charge in [0.05, 0.1) is 17.6 Å². The molecular weight excluding hydrogens is 288 g/mol. The van der Waals surface area contributed by atoms with Crippen molar-refractivity contribution in [3.8, 4) is 0 Å². The number of halogens is 1. The summed E-state index contributed by atoms with van der Waals surface area (Å²) in [6.07, 6.45) is 2.71. The second kappa shape index (κ2) is 4.75. The number of rotatable bonds is 3. The van der Waals surface area contributed by atoms with Crippen LogP contribution in [-0.2, 0) is 17.1 Å². The predicted molar refractivity (Wildman–Crippen MR) is 74.7 cm³/mol. The molecular formula is C11H13ClN4O2S. The molecule has 2 rings (SSSR count). The van der Waals surface area contributed by atoms with Gasteiger partial charge < -0.3 is 5.73 Å². The molecule has 19 heavy (non-hydrogen) atoms. The molecule has 0 fully saturated rings. The van der Waals surface area contributed by atoms with Gasteiger partial charge in [0, 0.05) is 25.3 Å². The molecule has 0 atom stereocenters. The minimum Gasteiger partial charge on any atom is -0.397 e. The highest BCUT2D eigenvalue weighted by Crippen LogP contribution is 2.29. The lowest BCUT2D eigenvalue weighted by Crippen LogP contribution is -2.27. The van der Waals surface area contributed by atoms with Crippen LogP contribution in [-0.4, -0.2) is 25.2 Å². The minimum atomic E-state index is -3.70. The van der Waals surface area contributed by atoms with Crippen molar-refractivity contribution in [2.45, 2.75) is 4.90 Å². The smallest absolute Gasteiger partial charge is 0.267 e. The van der Waals surface area contributed by atoms with E-state index < -0.39 is 10.0 Å². The Hall–Kier alpha value is -1.73. The van der Waals surface area contributed by atoms with Crippen molar-refractivity contribution in [1.29, 1.82) is 0 Å². The highest BCUT2D eigenvalue weighted by molar-refractivity contribution is 7.92. The van der Waals surface area contributed by atoms with Gasteiger partial charge in [-0.05, 0) is 18.2 Å². The summed E-state index contributed by atoms with van der Waals surface area (Å²) in [5.41, 5.74) is 6.45. The van der Waals surface area contributed by atoms with Gasteiger partial charge in [0.1, 0.15) is 4.90 Å². The Labute approximate surface area is 116 Å². The fourth-order valence-electron chi connectivity index (χ4n) is 1.61. The molecule has 6 nitrogen and oxygen atoms in total. The molecule has 1 aromatic carbocycles. The third-order valence-corrected chi connectivity index (χ3v) is 4.63. The lowest BCUT2D eigenvalue weighted by atomic mass is 10.3. The zero-order valence-corrected chi connectivity index (χ0v) is 12.0. The molecule has 0 bridgehead atoms. The van der Waals surface area contributed by atoms with Crippen LogP contribution >= 0.6 is 11.6 Å². The van der Waals surface area contributed by atoms with E-state index in [4.69, 9.17) is 17.3 Å². The molecule has 0 saturated heterocycles. The number of sulfonamides is 1. The predicted octanol–water partition coefficient (Wildman–Crippen LogP) is 1.48. The number of anilines is 2. The van der Waals surface area contributed by atoms with Crippen LogP contribution in [0.15, 0.2) is 35.5 Å². The Bertz CT molecular complexity index is 711. The van der Waals surface area contributed by atoms with Gasteiger partial charge >= 0.3 is 0 Å². The molecule has 0 radical (unpaired) electrons. The van der Waals surface area contributed by atoms with Crippen LogP contribution in [0.3, 0.4) is 0 Å². The quantitative estimate of drug-likeness (QED) is 0.871. The maximum Gasteiger partial charge on any atom is 0.267 e. The summed E-state index contributed by atoms with van der Waals surface area (Å²) < 4.78 is 27.3. The number of nitrogens with zero attached hydrogens (tertiary/aromatic N) is 3. The van der Waals surface area contributed by atoms with Gasteiger partial charge in [-0.15, -0.1) is 0 Å². The van der Waals surface area contributed by atoms with Crippen molar-refractivity contribution in [1.82, 2.24) is 9.78 Å². The van der Waals surface area contributed by atoms with E-state index in [9.17, 15) is 8.42 Å².